The lowest BCUT2D eigenvalue weighted by atomic mass is 9.89. The second-order valence-corrected chi connectivity index (χ2v) is 7.05. The van der Waals surface area contributed by atoms with Gasteiger partial charge in [-0.15, -0.1) is 0 Å². The number of nitrogens with two attached hydrogens (primary N) is 1. The van der Waals surface area contributed by atoms with Gasteiger partial charge in [0.2, 0.25) is 0 Å². The second-order valence-electron chi connectivity index (χ2n) is 7.05. The van der Waals surface area contributed by atoms with Crippen LogP contribution >= 0.6 is 0 Å². The van der Waals surface area contributed by atoms with E-state index in [0.29, 0.717) is 16.8 Å². The molecule has 0 spiro atoms. The summed E-state index contributed by atoms with van der Waals surface area (Å²) in [5.41, 5.74) is 7.55. The van der Waals surface area contributed by atoms with Crippen LogP contribution in [0, 0.1) is 18.6 Å². The third-order valence-electron chi connectivity index (χ3n) is 5.12. The van der Waals surface area contributed by atoms with Gasteiger partial charge in [0, 0.05) is 12.1 Å². The van der Waals surface area contributed by atoms with Crippen LogP contribution < -0.4 is 5.73 Å². The van der Waals surface area contributed by atoms with Gasteiger partial charge in [0.1, 0.15) is 30.5 Å². The molecule has 0 saturated carbocycles. The first-order valence-electron chi connectivity index (χ1n) is 8.86. The molecule has 1 aliphatic rings. The molecule has 0 aliphatic carbocycles. The fourth-order valence-electron chi connectivity index (χ4n) is 3.36. The molecule has 2 aromatic rings. The van der Waals surface area contributed by atoms with Crippen LogP contribution in [0.25, 0.3) is 0 Å². The Balaban J connectivity index is 1.92. The minimum Gasteiger partial charge on any atom is -0.398 e. The van der Waals surface area contributed by atoms with E-state index in [-0.39, 0.29) is 17.5 Å². The number of hydrogen-bond acceptors (Lipinski definition) is 6. The lowest BCUT2D eigenvalue weighted by Crippen LogP contribution is -2.55. The first-order chi connectivity index (χ1) is 13.2. The molecule has 6 N–H and O–H groups in total. The van der Waals surface area contributed by atoms with Crippen LogP contribution in [-0.4, -0.2) is 51.4 Å². The van der Waals surface area contributed by atoms with E-state index >= 15 is 0 Å². The molecule has 152 valence electrons. The number of rotatable bonds is 4. The van der Waals surface area contributed by atoms with Crippen molar-refractivity contribution in [3.8, 4) is 0 Å². The van der Waals surface area contributed by atoms with Crippen LogP contribution in [0.3, 0.4) is 0 Å². The van der Waals surface area contributed by atoms with Crippen molar-refractivity contribution in [1.29, 1.82) is 0 Å². The third kappa shape index (κ3) is 3.74. The first kappa shape index (κ1) is 20.6. The Morgan fingerprint density at radius 1 is 0.964 bits per heavy atom. The molecule has 1 heterocycles. The number of benzene rings is 2. The summed E-state index contributed by atoms with van der Waals surface area (Å²) in [7, 11) is 0. The van der Waals surface area contributed by atoms with Crippen molar-refractivity contribution < 1.29 is 33.9 Å². The molecule has 28 heavy (non-hydrogen) atoms. The Labute approximate surface area is 160 Å². The molecule has 3 rings (SSSR count). The van der Waals surface area contributed by atoms with E-state index in [1.54, 1.807) is 12.1 Å². The number of aryl methyl sites for hydroxylation is 1. The highest BCUT2D eigenvalue weighted by atomic mass is 19.2. The number of aliphatic hydroxyl groups excluding tert-OH is 4. The van der Waals surface area contributed by atoms with Crippen LogP contribution in [0.2, 0.25) is 0 Å². The zero-order valence-corrected chi connectivity index (χ0v) is 15.2. The van der Waals surface area contributed by atoms with E-state index in [4.69, 9.17) is 10.5 Å². The highest BCUT2D eigenvalue weighted by molar-refractivity contribution is 5.51. The van der Waals surface area contributed by atoms with E-state index in [1.165, 1.54) is 25.1 Å². The van der Waals surface area contributed by atoms with Crippen molar-refractivity contribution in [3.05, 3.63) is 64.2 Å². The standard InChI is InChI=1S/C20H23F2NO5/c1-9-2-3-10(16(22)15(9)21)6-12-7-11(4-5-13(12)23)20-19(27)18(26)17(25)14(8-24)28-20/h2-5,7,14,17-20,24-27H,6,8,23H2,1H3/t14-,17-,18+,19-,20+/m1/s1. The molecule has 2 aromatic carbocycles. The van der Waals surface area contributed by atoms with Crippen molar-refractivity contribution in [2.45, 2.75) is 43.9 Å². The van der Waals surface area contributed by atoms with Gasteiger partial charge in [0.25, 0.3) is 0 Å². The van der Waals surface area contributed by atoms with Gasteiger partial charge in [-0.1, -0.05) is 24.3 Å². The molecular formula is C20H23F2NO5. The predicted octanol–water partition coefficient (Wildman–Crippen LogP) is 0.961. The summed E-state index contributed by atoms with van der Waals surface area (Å²) in [5.74, 6) is -1.86. The summed E-state index contributed by atoms with van der Waals surface area (Å²) in [4.78, 5) is 0. The smallest absolute Gasteiger partial charge is 0.162 e. The lowest BCUT2D eigenvalue weighted by molar-refractivity contribution is -0.231. The molecule has 8 heteroatoms. The zero-order valence-electron chi connectivity index (χ0n) is 15.2. The Hall–Kier alpha value is -2.10. The molecule has 1 aliphatic heterocycles. The zero-order chi connectivity index (χ0) is 20.6. The van der Waals surface area contributed by atoms with Crippen LogP contribution in [0.15, 0.2) is 30.3 Å². The Bertz CT molecular complexity index is 861. The SMILES string of the molecule is Cc1ccc(Cc2cc([C@@H]3O[C@H](CO)[C@@H](O)[C@H](O)[C@H]3O)ccc2N)c(F)c1F. The van der Waals surface area contributed by atoms with Gasteiger partial charge in [0.15, 0.2) is 11.6 Å². The lowest BCUT2D eigenvalue weighted by Gasteiger charge is -2.40. The normalized spacial score (nSPS) is 27.8. The molecule has 0 unspecified atom stereocenters. The summed E-state index contributed by atoms with van der Waals surface area (Å²) >= 11 is 0. The van der Waals surface area contributed by atoms with Gasteiger partial charge < -0.3 is 30.9 Å². The number of aliphatic hydroxyl groups is 4. The first-order valence-corrected chi connectivity index (χ1v) is 8.86. The Morgan fingerprint density at radius 2 is 1.68 bits per heavy atom. The van der Waals surface area contributed by atoms with Gasteiger partial charge in [-0.3, -0.25) is 0 Å². The highest BCUT2D eigenvalue weighted by Crippen LogP contribution is 2.34. The largest absolute Gasteiger partial charge is 0.398 e. The Morgan fingerprint density at radius 3 is 2.36 bits per heavy atom. The molecule has 0 bridgehead atoms. The number of anilines is 1. The summed E-state index contributed by atoms with van der Waals surface area (Å²) in [6.45, 7) is 0.924. The van der Waals surface area contributed by atoms with E-state index in [9.17, 15) is 29.2 Å². The van der Waals surface area contributed by atoms with Gasteiger partial charge in [-0.2, -0.15) is 0 Å². The monoisotopic (exact) mass is 395 g/mol. The molecule has 5 atom stereocenters. The molecule has 6 nitrogen and oxygen atoms in total. The third-order valence-corrected chi connectivity index (χ3v) is 5.12. The summed E-state index contributed by atoms with van der Waals surface area (Å²) < 4.78 is 33.6. The second kappa shape index (κ2) is 8.10. The fraction of sp³-hybridized carbons (Fsp3) is 0.400. The average Bonchev–Trinajstić information content (AvgIpc) is 2.68. The van der Waals surface area contributed by atoms with Crippen LogP contribution in [0.4, 0.5) is 14.5 Å². The summed E-state index contributed by atoms with van der Waals surface area (Å²) in [6, 6.07) is 7.63. The van der Waals surface area contributed by atoms with Gasteiger partial charge >= 0.3 is 0 Å². The quantitative estimate of drug-likeness (QED) is 0.493. The average molecular weight is 395 g/mol. The van der Waals surface area contributed by atoms with E-state index in [1.807, 2.05) is 0 Å². The van der Waals surface area contributed by atoms with E-state index < -0.39 is 48.8 Å². The minimum absolute atomic E-state index is 0.0140. The fourth-order valence-corrected chi connectivity index (χ4v) is 3.36. The van der Waals surface area contributed by atoms with Crippen molar-refractivity contribution in [2.75, 3.05) is 12.3 Å². The van der Waals surface area contributed by atoms with Gasteiger partial charge in [-0.25, -0.2) is 8.78 Å². The molecular weight excluding hydrogens is 372 g/mol. The molecule has 0 radical (unpaired) electrons. The summed E-state index contributed by atoms with van der Waals surface area (Å²) in [6.07, 6.45) is -6.49. The van der Waals surface area contributed by atoms with Gasteiger partial charge in [-0.05, 0) is 35.2 Å². The number of hydrogen-bond donors (Lipinski definition) is 5. The van der Waals surface area contributed by atoms with Crippen LogP contribution in [-0.2, 0) is 11.2 Å². The van der Waals surface area contributed by atoms with E-state index in [2.05, 4.69) is 0 Å². The van der Waals surface area contributed by atoms with Crippen molar-refractivity contribution in [2.24, 2.45) is 0 Å². The number of ether oxygens (including phenoxy) is 1. The molecule has 1 fully saturated rings. The van der Waals surface area contributed by atoms with E-state index in [0.717, 1.165) is 0 Å². The maximum atomic E-state index is 14.2. The van der Waals surface area contributed by atoms with Crippen LogP contribution in [0.5, 0.6) is 0 Å². The van der Waals surface area contributed by atoms with Crippen molar-refractivity contribution >= 4 is 5.69 Å². The number of halogens is 2. The molecule has 0 aromatic heterocycles. The maximum Gasteiger partial charge on any atom is 0.162 e. The van der Waals surface area contributed by atoms with Crippen molar-refractivity contribution in [3.63, 3.8) is 0 Å². The van der Waals surface area contributed by atoms with Crippen molar-refractivity contribution in [1.82, 2.24) is 0 Å². The maximum absolute atomic E-state index is 14.2. The summed E-state index contributed by atoms with van der Waals surface area (Å²) in [5, 5.41) is 39.5. The Kier molecular flexibility index (Phi) is 5.97. The number of nitrogen functional groups attached to an aromatic ring is 1. The van der Waals surface area contributed by atoms with Gasteiger partial charge in [0.05, 0.1) is 6.61 Å². The topological polar surface area (TPSA) is 116 Å². The van der Waals surface area contributed by atoms with Crippen LogP contribution in [0.1, 0.15) is 28.4 Å². The highest BCUT2D eigenvalue weighted by Gasteiger charge is 2.44. The minimum atomic E-state index is -1.51. The molecule has 1 saturated heterocycles. The molecule has 0 amide bonds. The predicted molar refractivity (Wildman–Crippen MR) is 97.5 cm³/mol.